The molecule has 0 fully saturated rings. The third-order valence-electron chi connectivity index (χ3n) is 3.12. The van der Waals surface area contributed by atoms with Gasteiger partial charge in [0.2, 0.25) is 6.54 Å². The van der Waals surface area contributed by atoms with Gasteiger partial charge in [-0.05, 0) is 6.07 Å². The Morgan fingerprint density at radius 2 is 2.00 bits per heavy atom. The predicted molar refractivity (Wildman–Crippen MR) is 80.7 cm³/mol. The molecule has 0 spiro atoms. The van der Waals surface area contributed by atoms with Crippen LogP contribution in [0, 0.1) is 0 Å². The monoisotopic (exact) mass is 279 g/mol. The average Bonchev–Trinajstić information content (AvgIpc) is 2.92. The molecule has 2 heterocycles. The van der Waals surface area contributed by atoms with Gasteiger partial charge in [0.15, 0.2) is 12.4 Å². The minimum absolute atomic E-state index is 0.165. The second-order valence-electron chi connectivity index (χ2n) is 4.63. The number of hydrazone groups is 1. The lowest BCUT2D eigenvalue weighted by atomic mass is 10.2. The van der Waals surface area contributed by atoms with Crippen LogP contribution in [0.3, 0.4) is 0 Å². The zero-order valence-corrected chi connectivity index (χ0v) is 11.4. The van der Waals surface area contributed by atoms with E-state index in [0.717, 1.165) is 16.5 Å². The molecule has 21 heavy (non-hydrogen) atoms. The molecule has 0 aliphatic carbocycles. The van der Waals surface area contributed by atoms with E-state index in [2.05, 4.69) is 15.5 Å². The fourth-order valence-corrected chi connectivity index (χ4v) is 2.12. The molecule has 5 heteroatoms. The number of fused-ring (bicyclic) bond motifs is 1. The number of benzene rings is 1. The molecule has 2 N–H and O–H groups in total. The number of rotatable bonds is 4. The van der Waals surface area contributed by atoms with Gasteiger partial charge in [-0.2, -0.15) is 9.67 Å². The van der Waals surface area contributed by atoms with Crippen molar-refractivity contribution in [3.8, 4) is 0 Å². The molecule has 0 unspecified atom stereocenters. The highest BCUT2D eigenvalue weighted by molar-refractivity contribution is 5.99. The van der Waals surface area contributed by atoms with Gasteiger partial charge in [0.25, 0.3) is 0 Å². The minimum Gasteiger partial charge on any atom is -0.361 e. The first-order valence-electron chi connectivity index (χ1n) is 6.65. The van der Waals surface area contributed by atoms with E-state index in [4.69, 9.17) is 0 Å². The maximum atomic E-state index is 11.8. The highest BCUT2D eigenvalue weighted by atomic mass is 16.2. The Bertz CT molecular complexity index is 777. The molecule has 104 valence electrons. The van der Waals surface area contributed by atoms with Crippen molar-refractivity contribution in [2.24, 2.45) is 5.10 Å². The fraction of sp³-hybridized carbons (Fsp3) is 0.0625. The Balaban J connectivity index is 1.63. The van der Waals surface area contributed by atoms with E-state index in [0.29, 0.717) is 0 Å². The van der Waals surface area contributed by atoms with Crippen molar-refractivity contribution in [1.82, 2.24) is 10.4 Å². The van der Waals surface area contributed by atoms with Crippen LogP contribution in [0.4, 0.5) is 0 Å². The number of H-pyrrole nitrogens is 1. The van der Waals surface area contributed by atoms with E-state index in [-0.39, 0.29) is 12.5 Å². The number of nitrogens with one attached hydrogen (secondary N) is 2. The van der Waals surface area contributed by atoms with Gasteiger partial charge < -0.3 is 4.98 Å². The fourth-order valence-electron chi connectivity index (χ4n) is 2.12. The normalized spacial score (nSPS) is 11.0. The van der Waals surface area contributed by atoms with E-state index in [9.17, 15) is 4.79 Å². The number of carbonyl (C=O) groups is 1. The maximum Gasteiger partial charge on any atom is 0.305 e. The second-order valence-corrected chi connectivity index (χ2v) is 4.63. The number of para-hydroxylation sites is 1. The summed E-state index contributed by atoms with van der Waals surface area (Å²) in [7, 11) is 0. The van der Waals surface area contributed by atoms with E-state index >= 15 is 0 Å². The van der Waals surface area contributed by atoms with Gasteiger partial charge in [0, 0.05) is 34.8 Å². The molecule has 0 aliphatic heterocycles. The third-order valence-corrected chi connectivity index (χ3v) is 3.12. The lowest BCUT2D eigenvalue weighted by Gasteiger charge is -1.96. The van der Waals surface area contributed by atoms with Gasteiger partial charge in [-0.25, -0.2) is 5.43 Å². The van der Waals surface area contributed by atoms with Gasteiger partial charge in [-0.15, -0.1) is 0 Å². The molecule has 2 aromatic heterocycles. The third kappa shape index (κ3) is 3.14. The van der Waals surface area contributed by atoms with Crippen LogP contribution < -0.4 is 9.99 Å². The first-order chi connectivity index (χ1) is 10.3. The standard InChI is InChI=1S/C16H14N4O/c21-16(12-20-8-4-1-5-9-20)19-18-11-13-10-17-15-7-3-2-6-14(13)15/h1-11H,12H2,(H-,17,18,19,21)/p+1. The van der Waals surface area contributed by atoms with Gasteiger partial charge in [-0.1, -0.05) is 24.3 Å². The van der Waals surface area contributed by atoms with Crippen molar-refractivity contribution in [2.45, 2.75) is 6.54 Å². The summed E-state index contributed by atoms with van der Waals surface area (Å²) >= 11 is 0. The van der Waals surface area contributed by atoms with E-state index in [1.165, 1.54) is 0 Å². The topological polar surface area (TPSA) is 61.1 Å². The number of aromatic nitrogens is 2. The first-order valence-corrected chi connectivity index (χ1v) is 6.65. The quantitative estimate of drug-likeness (QED) is 0.425. The SMILES string of the molecule is O=C(C[n+]1ccccc1)N/N=C/c1c[nH]c2ccccc12. The van der Waals surface area contributed by atoms with E-state index in [1.807, 2.05) is 61.1 Å². The maximum absolute atomic E-state index is 11.8. The van der Waals surface area contributed by atoms with Crippen molar-refractivity contribution in [3.05, 3.63) is 66.6 Å². The molecule has 3 aromatic rings. The summed E-state index contributed by atoms with van der Waals surface area (Å²) < 4.78 is 1.79. The molecule has 3 rings (SSSR count). The predicted octanol–water partition coefficient (Wildman–Crippen LogP) is 1.61. The summed E-state index contributed by atoms with van der Waals surface area (Å²) in [5, 5.41) is 5.08. The summed E-state index contributed by atoms with van der Waals surface area (Å²) in [6, 6.07) is 13.6. The number of amides is 1. The summed E-state index contributed by atoms with van der Waals surface area (Å²) in [4.78, 5) is 14.9. The highest BCUT2D eigenvalue weighted by Crippen LogP contribution is 2.15. The van der Waals surface area contributed by atoms with Crippen molar-refractivity contribution in [3.63, 3.8) is 0 Å². The van der Waals surface area contributed by atoms with Gasteiger partial charge in [0.05, 0.1) is 6.21 Å². The zero-order chi connectivity index (χ0) is 14.5. The van der Waals surface area contributed by atoms with Crippen LogP contribution >= 0.6 is 0 Å². The number of nitrogens with zero attached hydrogens (tertiary/aromatic N) is 2. The molecular formula is C16H15N4O+. The number of pyridine rings is 1. The molecule has 1 amide bonds. The summed E-state index contributed by atoms with van der Waals surface area (Å²) in [6.07, 6.45) is 7.19. The molecule has 0 saturated carbocycles. The van der Waals surface area contributed by atoms with E-state index in [1.54, 1.807) is 10.8 Å². The minimum atomic E-state index is -0.165. The molecule has 0 saturated heterocycles. The van der Waals surface area contributed by atoms with Crippen LogP contribution in [0.15, 0.2) is 66.2 Å². The number of hydrogen-bond donors (Lipinski definition) is 2. The Morgan fingerprint density at radius 1 is 1.19 bits per heavy atom. The molecule has 0 bridgehead atoms. The zero-order valence-electron chi connectivity index (χ0n) is 11.4. The van der Waals surface area contributed by atoms with Crippen LogP contribution in [-0.2, 0) is 11.3 Å². The first kappa shape index (κ1) is 13.1. The van der Waals surface area contributed by atoms with Crippen molar-refractivity contribution in [1.29, 1.82) is 0 Å². The lowest BCUT2D eigenvalue weighted by Crippen LogP contribution is -2.40. The molecule has 0 atom stereocenters. The Labute approximate surface area is 121 Å². The van der Waals surface area contributed by atoms with Crippen LogP contribution in [-0.4, -0.2) is 17.1 Å². The van der Waals surface area contributed by atoms with Crippen LogP contribution in [0.1, 0.15) is 5.56 Å². The summed E-state index contributed by atoms with van der Waals surface area (Å²) in [6.45, 7) is 0.242. The van der Waals surface area contributed by atoms with Crippen molar-refractivity contribution in [2.75, 3.05) is 0 Å². The molecule has 0 aliphatic rings. The van der Waals surface area contributed by atoms with E-state index < -0.39 is 0 Å². The summed E-state index contributed by atoms with van der Waals surface area (Å²) in [5.74, 6) is -0.165. The van der Waals surface area contributed by atoms with Gasteiger partial charge in [0.1, 0.15) is 0 Å². The van der Waals surface area contributed by atoms with Gasteiger partial charge >= 0.3 is 5.91 Å². The number of hydrogen-bond acceptors (Lipinski definition) is 2. The van der Waals surface area contributed by atoms with Crippen LogP contribution in [0.2, 0.25) is 0 Å². The number of carbonyl (C=O) groups excluding carboxylic acids is 1. The molecular weight excluding hydrogens is 264 g/mol. The largest absolute Gasteiger partial charge is 0.361 e. The average molecular weight is 279 g/mol. The van der Waals surface area contributed by atoms with Crippen molar-refractivity contribution >= 4 is 23.0 Å². The Morgan fingerprint density at radius 3 is 2.86 bits per heavy atom. The molecule has 5 nitrogen and oxygen atoms in total. The second kappa shape index (κ2) is 6.00. The Kier molecular flexibility index (Phi) is 3.73. The highest BCUT2D eigenvalue weighted by Gasteiger charge is 2.06. The number of aromatic amines is 1. The smallest absolute Gasteiger partial charge is 0.305 e. The lowest BCUT2D eigenvalue weighted by molar-refractivity contribution is -0.684. The Hall–Kier alpha value is -2.95. The van der Waals surface area contributed by atoms with Gasteiger partial charge in [-0.3, -0.25) is 4.79 Å². The van der Waals surface area contributed by atoms with Crippen LogP contribution in [0.25, 0.3) is 10.9 Å². The van der Waals surface area contributed by atoms with Crippen molar-refractivity contribution < 1.29 is 9.36 Å². The molecule has 0 radical (unpaired) electrons. The molecule has 1 aromatic carbocycles. The summed E-state index contributed by atoms with van der Waals surface area (Å²) in [5.41, 5.74) is 4.52. The van der Waals surface area contributed by atoms with Crippen LogP contribution in [0.5, 0.6) is 0 Å².